The molecular formula is C14H12F3NO7S. The SMILES string of the molecule is COc1cc(OC)c2cc(/C(=N\OS(C)(=O)=O)C(F)(F)F)c(=O)oc2c1. The molecule has 12 heteroatoms. The minimum atomic E-state index is -5.19. The van der Waals surface area contributed by atoms with Crippen molar-refractivity contribution in [2.45, 2.75) is 6.18 Å². The van der Waals surface area contributed by atoms with E-state index in [1.54, 1.807) is 0 Å². The van der Waals surface area contributed by atoms with Crippen LogP contribution < -0.4 is 15.1 Å². The topological polar surface area (TPSA) is 104 Å². The number of methoxy groups -OCH3 is 2. The van der Waals surface area contributed by atoms with E-state index in [0.29, 0.717) is 6.26 Å². The summed E-state index contributed by atoms with van der Waals surface area (Å²) in [6.07, 6.45) is -4.69. The largest absolute Gasteiger partial charge is 0.496 e. The van der Waals surface area contributed by atoms with Crippen LogP contribution in [-0.2, 0) is 14.4 Å². The fourth-order valence-electron chi connectivity index (χ4n) is 1.97. The van der Waals surface area contributed by atoms with Gasteiger partial charge in [0.15, 0.2) is 5.71 Å². The first-order chi connectivity index (χ1) is 12.0. The molecule has 1 aromatic heterocycles. The first-order valence-corrected chi connectivity index (χ1v) is 8.52. The molecule has 2 rings (SSSR count). The maximum atomic E-state index is 13.2. The van der Waals surface area contributed by atoms with Crippen molar-refractivity contribution in [2.75, 3.05) is 20.5 Å². The van der Waals surface area contributed by atoms with Gasteiger partial charge in [-0.05, 0) is 6.07 Å². The quantitative estimate of drug-likeness (QED) is 0.433. The van der Waals surface area contributed by atoms with E-state index in [1.165, 1.54) is 26.4 Å². The third-order valence-electron chi connectivity index (χ3n) is 3.03. The zero-order chi connectivity index (χ0) is 19.7. The predicted octanol–water partition coefficient (Wildman–Crippen LogP) is 2.05. The van der Waals surface area contributed by atoms with Crippen molar-refractivity contribution in [1.82, 2.24) is 0 Å². The second-order valence-electron chi connectivity index (χ2n) is 4.91. The molecule has 2 aromatic rings. The molecule has 0 aliphatic rings. The highest BCUT2D eigenvalue weighted by atomic mass is 32.2. The molecule has 1 heterocycles. The monoisotopic (exact) mass is 395 g/mol. The van der Waals surface area contributed by atoms with Gasteiger partial charge in [-0.3, -0.25) is 4.28 Å². The molecule has 0 saturated heterocycles. The summed E-state index contributed by atoms with van der Waals surface area (Å²) in [6.45, 7) is 0. The van der Waals surface area contributed by atoms with Gasteiger partial charge in [0.2, 0.25) is 0 Å². The molecule has 26 heavy (non-hydrogen) atoms. The van der Waals surface area contributed by atoms with Crippen molar-refractivity contribution < 1.29 is 39.8 Å². The number of hydrogen-bond acceptors (Lipinski definition) is 8. The van der Waals surface area contributed by atoms with Gasteiger partial charge < -0.3 is 13.9 Å². The second kappa shape index (κ2) is 6.86. The van der Waals surface area contributed by atoms with Crippen LogP contribution in [0, 0.1) is 0 Å². The lowest BCUT2D eigenvalue weighted by Crippen LogP contribution is -2.29. The second-order valence-corrected chi connectivity index (χ2v) is 6.46. The predicted molar refractivity (Wildman–Crippen MR) is 84.1 cm³/mol. The number of rotatable bonds is 5. The molecule has 0 atom stereocenters. The molecule has 0 N–H and O–H groups in total. The van der Waals surface area contributed by atoms with Gasteiger partial charge in [-0.2, -0.15) is 21.6 Å². The molecule has 8 nitrogen and oxygen atoms in total. The van der Waals surface area contributed by atoms with E-state index >= 15 is 0 Å². The summed E-state index contributed by atoms with van der Waals surface area (Å²) in [5, 5.41) is 2.58. The van der Waals surface area contributed by atoms with E-state index in [-0.39, 0.29) is 22.5 Å². The summed E-state index contributed by atoms with van der Waals surface area (Å²) in [5.74, 6) is 0.310. The number of alkyl halides is 3. The Kier molecular flexibility index (Phi) is 5.16. The van der Waals surface area contributed by atoms with Gasteiger partial charge in [-0.15, -0.1) is 0 Å². The van der Waals surface area contributed by atoms with Gasteiger partial charge in [0.25, 0.3) is 0 Å². The molecule has 0 radical (unpaired) electrons. The van der Waals surface area contributed by atoms with Crippen molar-refractivity contribution in [1.29, 1.82) is 0 Å². The van der Waals surface area contributed by atoms with Crippen molar-refractivity contribution in [3.8, 4) is 11.5 Å². The fourth-order valence-corrected chi connectivity index (χ4v) is 2.18. The molecule has 0 aliphatic heterocycles. The average molecular weight is 395 g/mol. The van der Waals surface area contributed by atoms with Crippen LogP contribution in [0.2, 0.25) is 0 Å². The Balaban J connectivity index is 2.78. The highest BCUT2D eigenvalue weighted by molar-refractivity contribution is 7.85. The highest BCUT2D eigenvalue weighted by Crippen LogP contribution is 2.32. The van der Waals surface area contributed by atoms with E-state index < -0.39 is 33.2 Å². The molecule has 0 fully saturated rings. The number of oxime groups is 1. The van der Waals surface area contributed by atoms with Crippen LogP contribution in [-0.4, -0.2) is 40.8 Å². The van der Waals surface area contributed by atoms with E-state index in [0.717, 1.165) is 6.07 Å². The molecule has 0 aliphatic carbocycles. The molecule has 0 saturated carbocycles. The Morgan fingerprint density at radius 2 is 1.81 bits per heavy atom. The summed E-state index contributed by atoms with van der Waals surface area (Å²) < 4.78 is 80.3. The van der Waals surface area contributed by atoms with Crippen molar-refractivity contribution in [3.63, 3.8) is 0 Å². The molecular weight excluding hydrogens is 383 g/mol. The molecule has 0 bridgehead atoms. The first kappa shape index (κ1) is 19.6. The lowest BCUT2D eigenvalue weighted by atomic mass is 10.1. The number of halogens is 3. The van der Waals surface area contributed by atoms with E-state index in [1.807, 2.05) is 0 Å². The Labute approximate surface area is 144 Å². The van der Waals surface area contributed by atoms with Crippen molar-refractivity contribution >= 4 is 26.8 Å². The minimum absolute atomic E-state index is 0.0132. The Morgan fingerprint density at radius 1 is 1.15 bits per heavy atom. The van der Waals surface area contributed by atoms with Crippen LogP contribution in [0.5, 0.6) is 11.5 Å². The molecule has 1 aromatic carbocycles. The van der Waals surface area contributed by atoms with Gasteiger partial charge in [-0.25, -0.2) is 4.79 Å². The minimum Gasteiger partial charge on any atom is -0.496 e. The summed E-state index contributed by atoms with van der Waals surface area (Å²) in [4.78, 5) is 12.0. The van der Waals surface area contributed by atoms with Crippen LogP contribution in [0.1, 0.15) is 5.56 Å². The average Bonchev–Trinajstić information content (AvgIpc) is 2.51. The number of ether oxygens (including phenoxy) is 2. The van der Waals surface area contributed by atoms with Crippen LogP contribution >= 0.6 is 0 Å². The van der Waals surface area contributed by atoms with Crippen molar-refractivity contribution in [2.24, 2.45) is 5.16 Å². The first-order valence-electron chi connectivity index (χ1n) is 6.70. The molecule has 142 valence electrons. The lowest BCUT2D eigenvalue weighted by molar-refractivity contribution is -0.0598. The zero-order valence-electron chi connectivity index (χ0n) is 13.6. The summed E-state index contributed by atoms with van der Waals surface area (Å²) >= 11 is 0. The van der Waals surface area contributed by atoms with Gasteiger partial charge in [0.05, 0.1) is 31.4 Å². The zero-order valence-corrected chi connectivity index (χ0v) is 14.4. The number of fused-ring (bicyclic) bond motifs is 1. The van der Waals surface area contributed by atoms with E-state index in [4.69, 9.17) is 13.9 Å². The summed E-state index contributed by atoms with van der Waals surface area (Å²) in [6, 6.07) is 3.46. The Morgan fingerprint density at radius 3 is 2.31 bits per heavy atom. The Bertz CT molecular complexity index is 1030. The maximum absolute atomic E-state index is 13.2. The van der Waals surface area contributed by atoms with Crippen LogP contribution in [0.4, 0.5) is 13.2 Å². The molecule has 0 amide bonds. The van der Waals surface area contributed by atoms with Crippen LogP contribution in [0.3, 0.4) is 0 Å². The van der Waals surface area contributed by atoms with Gasteiger partial charge >= 0.3 is 21.9 Å². The number of hydrogen-bond donors (Lipinski definition) is 0. The van der Waals surface area contributed by atoms with E-state index in [9.17, 15) is 26.4 Å². The Hall–Kier alpha value is -2.76. The maximum Gasteiger partial charge on any atom is 0.437 e. The smallest absolute Gasteiger partial charge is 0.437 e. The van der Waals surface area contributed by atoms with Crippen LogP contribution in [0.15, 0.2) is 32.6 Å². The highest BCUT2D eigenvalue weighted by Gasteiger charge is 2.40. The third kappa shape index (κ3) is 4.25. The lowest BCUT2D eigenvalue weighted by Gasteiger charge is -2.11. The summed E-state index contributed by atoms with van der Waals surface area (Å²) in [5.41, 5.74) is -4.41. The normalized spacial score (nSPS) is 12.9. The third-order valence-corrected chi connectivity index (χ3v) is 3.38. The number of nitrogens with zero attached hydrogens (tertiary/aromatic N) is 1. The van der Waals surface area contributed by atoms with Gasteiger partial charge in [0.1, 0.15) is 17.1 Å². The molecule has 0 spiro atoms. The van der Waals surface area contributed by atoms with Gasteiger partial charge in [0, 0.05) is 12.1 Å². The van der Waals surface area contributed by atoms with Gasteiger partial charge in [-0.1, -0.05) is 5.16 Å². The molecule has 0 unspecified atom stereocenters. The van der Waals surface area contributed by atoms with Crippen molar-refractivity contribution in [3.05, 3.63) is 34.2 Å². The summed E-state index contributed by atoms with van der Waals surface area (Å²) in [7, 11) is -1.73. The number of benzene rings is 1. The standard InChI is InChI=1S/C14H12F3NO7S/c1-22-7-4-10(23-2)8-6-9(13(19)24-11(8)5-7)12(14(15,16)17)18-25-26(3,20)21/h4-6H,1-3H3/b18-12+. The fraction of sp³-hybridized carbons (Fsp3) is 0.286. The van der Waals surface area contributed by atoms with Crippen LogP contribution in [0.25, 0.3) is 11.0 Å². The van der Waals surface area contributed by atoms with E-state index in [2.05, 4.69) is 9.44 Å².